The third-order valence-electron chi connectivity index (χ3n) is 4.00. The van der Waals surface area contributed by atoms with E-state index in [4.69, 9.17) is 4.74 Å². The molecule has 0 aromatic heterocycles. The normalized spacial score (nSPS) is 19.1. The number of ether oxygens (including phenoxy) is 1. The van der Waals surface area contributed by atoms with E-state index in [1.165, 1.54) is 5.56 Å². The molecule has 1 N–H and O–H groups in total. The molecule has 1 unspecified atom stereocenters. The number of methoxy groups -OCH3 is 1. The summed E-state index contributed by atoms with van der Waals surface area (Å²) in [5.74, 6) is 0.304. The molecule has 1 heterocycles. The van der Waals surface area contributed by atoms with Crippen molar-refractivity contribution in [2.75, 3.05) is 33.4 Å². The summed E-state index contributed by atoms with van der Waals surface area (Å²) in [5, 5.41) is 3.03. The molecule has 0 saturated carbocycles. The van der Waals surface area contributed by atoms with Gasteiger partial charge >= 0.3 is 0 Å². The minimum atomic E-state index is 0.114. The van der Waals surface area contributed by atoms with Crippen molar-refractivity contribution in [1.29, 1.82) is 0 Å². The fraction of sp³-hybridized carbons (Fsp3) is 0.588. The van der Waals surface area contributed by atoms with Crippen LogP contribution in [0.5, 0.6) is 0 Å². The summed E-state index contributed by atoms with van der Waals surface area (Å²) in [6.45, 7) is 4.23. The van der Waals surface area contributed by atoms with Crippen LogP contribution in [0.3, 0.4) is 0 Å². The number of likely N-dealkylation sites (tertiary alicyclic amines) is 1. The number of rotatable bonds is 7. The van der Waals surface area contributed by atoms with E-state index in [9.17, 15) is 4.79 Å². The molecular formula is C17H25BrN2O2. The van der Waals surface area contributed by atoms with Crippen LogP contribution in [0.25, 0.3) is 0 Å². The summed E-state index contributed by atoms with van der Waals surface area (Å²) >= 11 is 3.51. The van der Waals surface area contributed by atoms with Gasteiger partial charge in [0.2, 0.25) is 5.91 Å². The Bertz CT molecular complexity index is 481. The van der Waals surface area contributed by atoms with Crippen molar-refractivity contribution in [1.82, 2.24) is 10.2 Å². The number of carbonyl (C=O) groups excluding carboxylic acids is 1. The Labute approximate surface area is 141 Å². The first kappa shape index (κ1) is 17.4. The van der Waals surface area contributed by atoms with Crippen LogP contribution in [-0.4, -0.2) is 44.2 Å². The standard InChI is InChI=1S/C17H25BrN2O2/c1-22-10-4-8-19-17(21)15-6-3-9-20(13-15)12-14-5-2-7-16(18)11-14/h2,5,7,11,15H,3-4,6,8-10,12-13H2,1H3,(H,19,21). The van der Waals surface area contributed by atoms with Crippen LogP contribution in [0.2, 0.25) is 0 Å². The smallest absolute Gasteiger partial charge is 0.224 e. The van der Waals surface area contributed by atoms with Crippen molar-refractivity contribution >= 4 is 21.8 Å². The lowest BCUT2D eigenvalue weighted by molar-refractivity contribution is -0.126. The highest BCUT2D eigenvalue weighted by Crippen LogP contribution is 2.20. The molecule has 1 fully saturated rings. The number of hydrogen-bond acceptors (Lipinski definition) is 3. The topological polar surface area (TPSA) is 41.6 Å². The molecule has 0 spiro atoms. The molecule has 0 radical (unpaired) electrons. The maximum atomic E-state index is 12.2. The molecule has 1 atom stereocenters. The van der Waals surface area contributed by atoms with E-state index >= 15 is 0 Å². The maximum absolute atomic E-state index is 12.2. The van der Waals surface area contributed by atoms with Crippen LogP contribution >= 0.6 is 15.9 Å². The Morgan fingerprint density at radius 2 is 2.36 bits per heavy atom. The van der Waals surface area contributed by atoms with Crippen LogP contribution in [0, 0.1) is 5.92 Å². The minimum Gasteiger partial charge on any atom is -0.385 e. The summed E-state index contributed by atoms with van der Waals surface area (Å²) in [7, 11) is 1.68. The second-order valence-electron chi connectivity index (χ2n) is 5.84. The highest BCUT2D eigenvalue weighted by atomic mass is 79.9. The van der Waals surface area contributed by atoms with Gasteiger partial charge in [0.25, 0.3) is 0 Å². The Morgan fingerprint density at radius 1 is 1.50 bits per heavy atom. The number of carbonyl (C=O) groups is 1. The van der Waals surface area contributed by atoms with Crippen molar-refractivity contribution in [2.24, 2.45) is 5.92 Å². The quantitative estimate of drug-likeness (QED) is 0.752. The molecule has 1 saturated heterocycles. The molecule has 1 aliphatic heterocycles. The van der Waals surface area contributed by atoms with Crippen LogP contribution in [0.15, 0.2) is 28.7 Å². The summed E-state index contributed by atoms with van der Waals surface area (Å²) in [6, 6.07) is 8.38. The highest BCUT2D eigenvalue weighted by Gasteiger charge is 2.25. The lowest BCUT2D eigenvalue weighted by Gasteiger charge is -2.32. The third-order valence-corrected chi connectivity index (χ3v) is 4.49. The average molecular weight is 369 g/mol. The third kappa shape index (κ3) is 5.71. The van der Waals surface area contributed by atoms with Crippen LogP contribution in [0.1, 0.15) is 24.8 Å². The lowest BCUT2D eigenvalue weighted by Crippen LogP contribution is -2.43. The van der Waals surface area contributed by atoms with Crippen molar-refractivity contribution < 1.29 is 9.53 Å². The fourth-order valence-electron chi connectivity index (χ4n) is 2.88. The number of halogens is 1. The zero-order valence-electron chi connectivity index (χ0n) is 13.2. The van der Waals surface area contributed by atoms with Gasteiger partial charge in [-0.05, 0) is 43.5 Å². The molecule has 1 amide bonds. The minimum absolute atomic E-state index is 0.114. The predicted molar refractivity (Wildman–Crippen MR) is 91.6 cm³/mol. The number of amides is 1. The van der Waals surface area contributed by atoms with E-state index in [2.05, 4.69) is 44.3 Å². The molecular weight excluding hydrogens is 344 g/mol. The average Bonchev–Trinajstić information content (AvgIpc) is 2.52. The van der Waals surface area contributed by atoms with E-state index < -0.39 is 0 Å². The van der Waals surface area contributed by atoms with E-state index in [-0.39, 0.29) is 11.8 Å². The number of benzene rings is 1. The molecule has 5 heteroatoms. The molecule has 0 aliphatic carbocycles. The first-order valence-corrected chi connectivity index (χ1v) is 8.72. The second kappa shape index (κ2) is 9.28. The van der Waals surface area contributed by atoms with Gasteiger partial charge in [-0.2, -0.15) is 0 Å². The maximum Gasteiger partial charge on any atom is 0.224 e. The van der Waals surface area contributed by atoms with Gasteiger partial charge in [-0.1, -0.05) is 28.1 Å². The highest BCUT2D eigenvalue weighted by molar-refractivity contribution is 9.10. The van der Waals surface area contributed by atoms with Crippen molar-refractivity contribution in [2.45, 2.75) is 25.8 Å². The number of piperidine rings is 1. The van der Waals surface area contributed by atoms with Crippen molar-refractivity contribution in [3.05, 3.63) is 34.3 Å². The van der Waals surface area contributed by atoms with Gasteiger partial charge in [-0.25, -0.2) is 0 Å². The summed E-state index contributed by atoms with van der Waals surface area (Å²) in [6.07, 6.45) is 2.95. The first-order valence-electron chi connectivity index (χ1n) is 7.92. The molecule has 1 aromatic rings. The van der Waals surface area contributed by atoms with Gasteiger partial charge in [0.1, 0.15) is 0 Å². The van der Waals surface area contributed by atoms with Gasteiger partial charge in [-0.3, -0.25) is 9.69 Å². The zero-order valence-corrected chi connectivity index (χ0v) is 14.8. The largest absolute Gasteiger partial charge is 0.385 e. The van der Waals surface area contributed by atoms with E-state index in [1.54, 1.807) is 7.11 Å². The van der Waals surface area contributed by atoms with Gasteiger partial charge in [0, 0.05) is 37.8 Å². The fourth-order valence-corrected chi connectivity index (χ4v) is 3.33. The number of nitrogens with one attached hydrogen (secondary N) is 1. The molecule has 0 bridgehead atoms. The Morgan fingerprint density at radius 3 is 3.14 bits per heavy atom. The van der Waals surface area contributed by atoms with E-state index in [0.29, 0.717) is 13.2 Å². The second-order valence-corrected chi connectivity index (χ2v) is 6.76. The van der Waals surface area contributed by atoms with Crippen molar-refractivity contribution in [3.63, 3.8) is 0 Å². The lowest BCUT2D eigenvalue weighted by atomic mass is 9.96. The van der Waals surface area contributed by atoms with Gasteiger partial charge in [0.15, 0.2) is 0 Å². The molecule has 1 aromatic carbocycles. The molecule has 1 aliphatic rings. The van der Waals surface area contributed by atoms with Crippen LogP contribution in [-0.2, 0) is 16.1 Å². The van der Waals surface area contributed by atoms with E-state index in [0.717, 1.165) is 43.4 Å². The van der Waals surface area contributed by atoms with E-state index in [1.807, 2.05) is 6.07 Å². The van der Waals surface area contributed by atoms with Crippen LogP contribution in [0.4, 0.5) is 0 Å². The summed E-state index contributed by atoms with van der Waals surface area (Å²) in [4.78, 5) is 14.6. The molecule has 2 rings (SSSR count). The Hall–Kier alpha value is -0.910. The Kier molecular flexibility index (Phi) is 7.36. The summed E-state index contributed by atoms with van der Waals surface area (Å²) in [5.41, 5.74) is 1.29. The molecule has 122 valence electrons. The van der Waals surface area contributed by atoms with Gasteiger partial charge in [-0.15, -0.1) is 0 Å². The number of nitrogens with zero attached hydrogens (tertiary/aromatic N) is 1. The van der Waals surface area contributed by atoms with Gasteiger partial charge < -0.3 is 10.1 Å². The predicted octanol–water partition coefficient (Wildman–Crippen LogP) is 2.81. The Balaban J connectivity index is 1.79. The first-order chi connectivity index (χ1) is 10.7. The SMILES string of the molecule is COCCCNC(=O)C1CCCN(Cc2cccc(Br)c2)C1. The van der Waals surface area contributed by atoms with Gasteiger partial charge in [0.05, 0.1) is 5.92 Å². The van der Waals surface area contributed by atoms with Crippen LogP contribution < -0.4 is 5.32 Å². The monoisotopic (exact) mass is 368 g/mol. The molecule has 4 nitrogen and oxygen atoms in total. The summed E-state index contributed by atoms with van der Waals surface area (Å²) < 4.78 is 6.10. The zero-order chi connectivity index (χ0) is 15.8. The van der Waals surface area contributed by atoms with Crippen molar-refractivity contribution in [3.8, 4) is 0 Å². The molecule has 22 heavy (non-hydrogen) atoms. The number of hydrogen-bond donors (Lipinski definition) is 1.